The molecule has 4 rings (SSSR count). The van der Waals surface area contributed by atoms with Gasteiger partial charge in [-0.2, -0.15) is 13.2 Å². The molecular formula is C21H10Cl2F3N3O2S. The van der Waals surface area contributed by atoms with Crippen LogP contribution in [0.15, 0.2) is 59.1 Å². The number of fused-ring (bicyclic) bond motifs is 1. The van der Waals surface area contributed by atoms with Gasteiger partial charge < -0.3 is 0 Å². The maximum atomic E-state index is 13.2. The van der Waals surface area contributed by atoms with Gasteiger partial charge in [0.15, 0.2) is 5.01 Å². The number of aromatic nitrogens is 3. The predicted octanol–water partition coefficient (Wildman–Crippen LogP) is 6.06. The van der Waals surface area contributed by atoms with Gasteiger partial charge in [0.1, 0.15) is 12.0 Å². The van der Waals surface area contributed by atoms with E-state index in [-0.39, 0.29) is 37.2 Å². The molecule has 0 spiro atoms. The first-order valence-corrected chi connectivity index (χ1v) is 10.5. The topological polar surface area (TPSA) is 64.8 Å². The number of hydrogen-bond acceptors (Lipinski definition) is 5. The Kier molecular flexibility index (Phi) is 5.89. The fourth-order valence-electron chi connectivity index (χ4n) is 2.95. The molecule has 0 saturated carbocycles. The van der Waals surface area contributed by atoms with E-state index in [1.807, 2.05) is 0 Å². The monoisotopic (exact) mass is 495 g/mol. The summed E-state index contributed by atoms with van der Waals surface area (Å²) < 4.78 is 39.6. The van der Waals surface area contributed by atoms with Gasteiger partial charge in [-0.1, -0.05) is 35.3 Å². The van der Waals surface area contributed by atoms with E-state index in [4.69, 9.17) is 23.2 Å². The third-order valence-electron chi connectivity index (χ3n) is 4.44. The third kappa shape index (κ3) is 4.32. The van der Waals surface area contributed by atoms with Crippen LogP contribution in [0.25, 0.3) is 22.7 Å². The minimum atomic E-state index is -4.50. The average Bonchev–Trinajstić information content (AvgIpc) is 3.27. The molecule has 4 aromatic rings. The Morgan fingerprint density at radius 1 is 1.09 bits per heavy atom. The first-order chi connectivity index (χ1) is 15.1. The first-order valence-electron chi connectivity index (χ1n) is 8.85. The lowest BCUT2D eigenvalue weighted by Crippen LogP contribution is -2.24. The number of Topliss-reactive ketones (excluding diaryl/α,β-unsaturated/α-hetero) is 1. The lowest BCUT2D eigenvalue weighted by atomic mass is 10.1. The highest BCUT2D eigenvalue weighted by atomic mass is 35.5. The molecule has 0 fully saturated rings. The van der Waals surface area contributed by atoms with Crippen molar-refractivity contribution < 1.29 is 18.0 Å². The van der Waals surface area contributed by atoms with Gasteiger partial charge in [0.05, 0.1) is 21.5 Å². The van der Waals surface area contributed by atoms with Crippen molar-refractivity contribution in [3.8, 4) is 0 Å². The molecule has 2 aromatic heterocycles. The second-order valence-corrected chi connectivity index (χ2v) is 8.26. The van der Waals surface area contributed by atoms with Crippen LogP contribution in [0.4, 0.5) is 13.2 Å². The Bertz CT molecular complexity index is 1410. The van der Waals surface area contributed by atoms with Gasteiger partial charge in [-0.25, -0.2) is 9.97 Å². The zero-order valence-electron chi connectivity index (χ0n) is 15.7. The molecule has 0 aliphatic rings. The van der Waals surface area contributed by atoms with Crippen LogP contribution in [0.2, 0.25) is 10.0 Å². The zero-order chi connectivity index (χ0) is 23.0. The van der Waals surface area contributed by atoms with E-state index in [1.54, 1.807) is 5.38 Å². The highest BCUT2D eigenvalue weighted by molar-refractivity contribution is 7.12. The maximum Gasteiger partial charge on any atom is 0.416 e. The molecule has 0 bridgehead atoms. The fourth-order valence-corrected chi connectivity index (χ4v) is 4.07. The number of hydrogen-bond donors (Lipinski definition) is 0. The summed E-state index contributed by atoms with van der Waals surface area (Å²) in [5, 5.41) is 2.13. The molecule has 5 nitrogen and oxygen atoms in total. The Labute approximate surface area is 192 Å². The van der Waals surface area contributed by atoms with Crippen LogP contribution >= 0.6 is 34.5 Å². The van der Waals surface area contributed by atoms with Crippen LogP contribution in [0.3, 0.4) is 0 Å². The van der Waals surface area contributed by atoms with Crippen molar-refractivity contribution in [1.29, 1.82) is 0 Å². The van der Waals surface area contributed by atoms with E-state index < -0.39 is 23.1 Å². The van der Waals surface area contributed by atoms with E-state index in [1.165, 1.54) is 36.5 Å². The van der Waals surface area contributed by atoms with E-state index >= 15 is 0 Å². The van der Waals surface area contributed by atoms with E-state index in [9.17, 15) is 22.8 Å². The predicted molar refractivity (Wildman–Crippen MR) is 118 cm³/mol. The number of rotatable bonds is 4. The standard InChI is InChI=1S/C21H10Cl2F3N3O2S/c22-13-8-14-17(15(23)9-13)28-10-29(20(14)31)16(18(30)19-27-5-6-32-19)7-11-1-3-12(4-2-11)21(24,25)26/h1-10H/b16-7-. The van der Waals surface area contributed by atoms with Crippen molar-refractivity contribution in [2.75, 3.05) is 0 Å². The van der Waals surface area contributed by atoms with Crippen LogP contribution in [-0.2, 0) is 6.18 Å². The zero-order valence-corrected chi connectivity index (χ0v) is 18.1. The molecule has 32 heavy (non-hydrogen) atoms. The van der Waals surface area contributed by atoms with Crippen LogP contribution in [0, 0.1) is 0 Å². The van der Waals surface area contributed by atoms with E-state index in [2.05, 4.69) is 9.97 Å². The van der Waals surface area contributed by atoms with E-state index in [0.29, 0.717) is 0 Å². The molecular weight excluding hydrogens is 486 g/mol. The molecule has 0 radical (unpaired) electrons. The Balaban J connectivity index is 1.91. The summed E-state index contributed by atoms with van der Waals surface area (Å²) in [5.74, 6) is -0.601. The molecule has 0 saturated heterocycles. The number of carbonyl (C=O) groups excluding carboxylic acids is 1. The number of ketones is 1. The summed E-state index contributed by atoms with van der Waals surface area (Å²) in [5.41, 5.74) is -1.13. The summed E-state index contributed by atoms with van der Waals surface area (Å²) in [6, 6.07) is 6.98. The number of halogens is 5. The summed E-state index contributed by atoms with van der Waals surface area (Å²) >= 11 is 13.2. The summed E-state index contributed by atoms with van der Waals surface area (Å²) in [7, 11) is 0. The van der Waals surface area contributed by atoms with Crippen molar-refractivity contribution in [2.45, 2.75) is 6.18 Å². The molecule has 11 heteroatoms. The van der Waals surface area contributed by atoms with Gasteiger partial charge in [0.25, 0.3) is 5.56 Å². The van der Waals surface area contributed by atoms with Crippen molar-refractivity contribution in [1.82, 2.24) is 14.5 Å². The molecule has 0 atom stereocenters. The largest absolute Gasteiger partial charge is 0.416 e. The third-order valence-corrected chi connectivity index (χ3v) is 5.72. The molecule has 0 aliphatic heterocycles. The molecule has 0 N–H and O–H groups in total. The maximum absolute atomic E-state index is 13.2. The number of allylic oxidation sites excluding steroid dienone is 1. The Hall–Kier alpha value is -3.01. The Morgan fingerprint density at radius 3 is 2.44 bits per heavy atom. The lowest BCUT2D eigenvalue weighted by molar-refractivity contribution is -0.137. The minimum Gasteiger partial charge on any atom is -0.284 e. The van der Waals surface area contributed by atoms with Gasteiger partial charge in [-0.05, 0) is 35.9 Å². The number of nitrogens with zero attached hydrogens (tertiary/aromatic N) is 3. The second kappa shape index (κ2) is 8.50. The van der Waals surface area contributed by atoms with Gasteiger partial charge in [-0.15, -0.1) is 11.3 Å². The number of thiazole rings is 1. The summed E-state index contributed by atoms with van der Waals surface area (Å²) in [6.45, 7) is 0. The summed E-state index contributed by atoms with van der Waals surface area (Å²) in [6.07, 6.45) is -0.648. The number of alkyl halides is 3. The lowest BCUT2D eigenvalue weighted by Gasteiger charge is -2.11. The van der Waals surface area contributed by atoms with Gasteiger partial charge in [0.2, 0.25) is 5.78 Å². The highest BCUT2D eigenvalue weighted by Gasteiger charge is 2.30. The molecule has 2 heterocycles. The highest BCUT2D eigenvalue weighted by Crippen LogP contribution is 2.30. The van der Waals surface area contributed by atoms with Crippen LogP contribution < -0.4 is 5.56 Å². The van der Waals surface area contributed by atoms with Gasteiger partial charge in [0, 0.05) is 16.6 Å². The second-order valence-electron chi connectivity index (χ2n) is 6.52. The van der Waals surface area contributed by atoms with Crippen molar-refractivity contribution >= 4 is 63.0 Å². The quantitative estimate of drug-likeness (QED) is 0.255. The van der Waals surface area contributed by atoms with Crippen LogP contribution in [0.5, 0.6) is 0 Å². The van der Waals surface area contributed by atoms with Crippen LogP contribution in [0.1, 0.15) is 20.9 Å². The van der Waals surface area contributed by atoms with Crippen molar-refractivity contribution in [3.05, 3.63) is 90.8 Å². The van der Waals surface area contributed by atoms with E-state index in [0.717, 1.165) is 34.4 Å². The fraction of sp³-hybridized carbons (Fsp3) is 0.0476. The van der Waals surface area contributed by atoms with Crippen LogP contribution in [-0.4, -0.2) is 20.3 Å². The molecule has 162 valence electrons. The van der Waals surface area contributed by atoms with Crippen molar-refractivity contribution in [3.63, 3.8) is 0 Å². The van der Waals surface area contributed by atoms with Crippen molar-refractivity contribution in [2.24, 2.45) is 0 Å². The number of benzene rings is 2. The summed E-state index contributed by atoms with van der Waals surface area (Å²) in [4.78, 5) is 34.4. The first kappa shape index (κ1) is 22.2. The molecule has 0 aliphatic carbocycles. The molecule has 0 unspecified atom stereocenters. The minimum absolute atomic E-state index is 0.0789. The Morgan fingerprint density at radius 2 is 1.81 bits per heavy atom. The molecule has 0 amide bonds. The smallest absolute Gasteiger partial charge is 0.284 e. The SMILES string of the molecule is O=C(/C(=C/c1ccc(C(F)(F)F)cc1)n1cnc2c(Cl)cc(Cl)cc2c1=O)c1nccs1. The van der Waals surface area contributed by atoms with Gasteiger partial charge >= 0.3 is 6.18 Å². The normalized spacial score (nSPS) is 12.3. The average molecular weight is 496 g/mol. The van der Waals surface area contributed by atoms with Gasteiger partial charge in [-0.3, -0.25) is 14.2 Å². The number of carbonyl (C=O) groups is 1. The molecule has 2 aromatic carbocycles.